The minimum absolute atomic E-state index is 0.0207. The average Bonchev–Trinajstić information content (AvgIpc) is 2.74. The molecule has 0 aliphatic carbocycles. The molecule has 8 heteroatoms. The summed E-state index contributed by atoms with van der Waals surface area (Å²) in [5, 5.41) is 4.49. The Kier molecular flexibility index (Phi) is 4.10. The molecule has 2 rings (SSSR count). The van der Waals surface area contributed by atoms with Crippen molar-refractivity contribution in [1.29, 1.82) is 0 Å². The number of halogens is 4. The third-order valence-electron chi connectivity index (χ3n) is 2.20. The van der Waals surface area contributed by atoms with Crippen molar-refractivity contribution >= 4 is 33.2 Å². The number of aromatic nitrogens is 2. The highest BCUT2D eigenvalue weighted by Crippen LogP contribution is 2.36. The standard InChI is InChI=1S/C11H9BrF3N3S/c1-2-16-10-17-7(9-6(12)3-4-19-9)5-8(18-10)11(13,14)15/h3-5H,2H2,1H3,(H,16,17,18). The molecule has 2 aromatic rings. The summed E-state index contributed by atoms with van der Waals surface area (Å²) in [6.07, 6.45) is -4.49. The summed E-state index contributed by atoms with van der Waals surface area (Å²) in [5.41, 5.74) is -0.700. The Hall–Kier alpha value is -1.15. The zero-order chi connectivity index (χ0) is 14.0. The number of rotatable bonds is 3. The van der Waals surface area contributed by atoms with Gasteiger partial charge in [0.1, 0.15) is 0 Å². The second kappa shape index (κ2) is 5.46. The second-order valence-electron chi connectivity index (χ2n) is 3.59. The van der Waals surface area contributed by atoms with Crippen LogP contribution in [0.2, 0.25) is 0 Å². The number of thiophene rings is 1. The second-order valence-corrected chi connectivity index (χ2v) is 5.36. The summed E-state index contributed by atoms with van der Waals surface area (Å²) in [6, 6.07) is 2.72. The van der Waals surface area contributed by atoms with E-state index in [1.54, 1.807) is 18.4 Å². The van der Waals surface area contributed by atoms with Gasteiger partial charge in [-0.05, 0) is 40.4 Å². The van der Waals surface area contributed by atoms with Crippen LogP contribution in [0.1, 0.15) is 12.6 Å². The van der Waals surface area contributed by atoms with E-state index in [1.807, 2.05) is 0 Å². The quantitative estimate of drug-likeness (QED) is 0.889. The molecule has 0 amide bonds. The first-order valence-corrected chi connectivity index (χ1v) is 7.02. The van der Waals surface area contributed by atoms with Crippen LogP contribution in [0.3, 0.4) is 0 Å². The molecule has 3 nitrogen and oxygen atoms in total. The summed E-state index contributed by atoms with van der Waals surface area (Å²) < 4.78 is 39.1. The van der Waals surface area contributed by atoms with E-state index in [0.29, 0.717) is 15.9 Å². The first kappa shape index (κ1) is 14.3. The highest BCUT2D eigenvalue weighted by molar-refractivity contribution is 9.10. The van der Waals surface area contributed by atoms with Crippen LogP contribution in [-0.2, 0) is 6.18 Å². The zero-order valence-electron chi connectivity index (χ0n) is 9.75. The number of anilines is 1. The number of alkyl halides is 3. The van der Waals surface area contributed by atoms with Crippen LogP contribution in [-0.4, -0.2) is 16.5 Å². The molecule has 0 saturated carbocycles. The molecule has 19 heavy (non-hydrogen) atoms. The van der Waals surface area contributed by atoms with Crippen molar-refractivity contribution in [2.24, 2.45) is 0 Å². The molecule has 2 heterocycles. The van der Waals surface area contributed by atoms with Gasteiger partial charge in [-0.2, -0.15) is 13.2 Å². The van der Waals surface area contributed by atoms with E-state index in [0.717, 1.165) is 6.07 Å². The number of hydrogen-bond acceptors (Lipinski definition) is 4. The number of nitrogens with one attached hydrogen (secondary N) is 1. The zero-order valence-corrected chi connectivity index (χ0v) is 12.2. The number of nitrogens with zero attached hydrogens (tertiary/aromatic N) is 2. The molecule has 0 saturated heterocycles. The van der Waals surface area contributed by atoms with Crippen molar-refractivity contribution in [2.75, 3.05) is 11.9 Å². The van der Waals surface area contributed by atoms with Gasteiger partial charge in [0.25, 0.3) is 0 Å². The van der Waals surface area contributed by atoms with Gasteiger partial charge in [-0.25, -0.2) is 9.97 Å². The van der Waals surface area contributed by atoms with Crippen molar-refractivity contribution in [3.05, 3.63) is 27.7 Å². The molecule has 0 aromatic carbocycles. The Morgan fingerprint density at radius 2 is 2.11 bits per heavy atom. The van der Waals surface area contributed by atoms with E-state index >= 15 is 0 Å². The largest absolute Gasteiger partial charge is 0.433 e. The van der Waals surface area contributed by atoms with Crippen molar-refractivity contribution in [1.82, 2.24) is 9.97 Å². The average molecular weight is 352 g/mol. The molecule has 102 valence electrons. The Labute approximate surface area is 120 Å². The van der Waals surface area contributed by atoms with Crippen molar-refractivity contribution in [3.63, 3.8) is 0 Å². The third-order valence-corrected chi connectivity index (χ3v) is 4.06. The Balaban J connectivity index is 2.55. The normalized spacial score (nSPS) is 11.6. The minimum Gasteiger partial charge on any atom is -0.354 e. The van der Waals surface area contributed by atoms with Gasteiger partial charge in [0.2, 0.25) is 5.95 Å². The maximum atomic E-state index is 12.8. The van der Waals surface area contributed by atoms with Gasteiger partial charge in [0.15, 0.2) is 5.69 Å². The Morgan fingerprint density at radius 3 is 2.63 bits per heavy atom. The summed E-state index contributed by atoms with van der Waals surface area (Å²) in [5.74, 6) is -0.0207. The van der Waals surface area contributed by atoms with E-state index in [-0.39, 0.29) is 11.6 Å². The van der Waals surface area contributed by atoms with E-state index in [1.165, 1.54) is 11.3 Å². The summed E-state index contributed by atoms with van der Waals surface area (Å²) in [4.78, 5) is 8.22. The van der Waals surface area contributed by atoms with E-state index in [4.69, 9.17) is 0 Å². The van der Waals surface area contributed by atoms with Crippen LogP contribution in [0.5, 0.6) is 0 Å². The molecule has 0 bridgehead atoms. The van der Waals surface area contributed by atoms with Gasteiger partial charge in [-0.15, -0.1) is 11.3 Å². The van der Waals surface area contributed by atoms with Gasteiger partial charge < -0.3 is 5.32 Å². The van der Waals surface area contributed by atoms with Gasteiger partial charge >= 0.3 is 6.18 Å². The topological polar surface area (TPSA) is 37.8 Å². The molecule has 0 aliphatic heterocycles. The molecule has 2 aromatic heterocycles. The Morgan fingerprint density at radius 1 is 1.37 bits per heavy atom. The monoisotopic (exact) mass is 351 g/mol. The Bertz CT molecular complexity index is 583. The van der Waals surface area contributed by atoms with E-state index in [2.05, 4.69) is 31.2 Å². The maximum Gasteiger partial charge on any atom is 0.433 e. The fourth-order valence-corrected chi connectivity index (χ4v) is 2.96. The van der Waals surface area contributed by atoms with Crippen LogP contribution in [0.4, 0.5) is 19.1 Å². The molecule has 1 N–H and O–H groups in total. The van der Waals surface area contributed by atoms with Crippen LogP contribution in [0.25, 0.3) is 10.6 Å². The fourth-order valence-electron chi connectivity index (χ4n) is 1.42. The maximum absolute atomic E-state index is 12.8. The first-order valence-electron chi connectivity index (χ1n) is 5.35. The minimum atomic E-state index is -4.49. The molecule has 0 aliphatic rings. The smallest absolute Gasteiger partial charge is 0.354 e. The molecule has 0 unspecified atom stereocenters. The van der Waals surface area contributed by atoms with Gasteiger partial charge in [-0.1, -0.05) is 0 Å². The summed E-state index contributed by atoms with van der Waals surface area (Å²) in [6.45, 7) is 2.22. The predicted molar refractivity (Wildman–Crippen MR) is 72.2 cm³/mol. The van der Waals surface area contributed by atoms with Crippen molar-refractivity contribution in [2.45, 2.75) is 13.1 Å². The third kappa shape index (κ3) is 3.24. The molecular formula is C11H9BrF3N3S. The predicted octanol–water partition coefficient (Wildman–Crippen LogP) is 4.42. The fraction of sp³-hybridized carbons (Fsp3) is 0.273. The van der Waals surface area contributed by atoms with Crippen molar-refractivity contribution in [3.8, 4) is 10.6 Å². The first-order chi connectivity index (χ1) is 8.91. The van der Waals surface area contributed by atoms with E-state index < -0.39 is 11.9 Å². The van der Waals surface area contributed by atoms with Crippen LogP contribution < -0.4 is 5.32 Å². The lowest BCUT2D eigenvalue weighted by Crippen LogP contribution is -2.12. The van der Waals surface area contributed by atoms with E-state index in [9.17, 15) is 13.2 Å². The van der Waals surface area contributed by atoms with Gasteiger partial charge in [-0.3, -0.25) is 0 Å². The van der Waals surface area contributed by atoms with Crippen LogP contribution in [0.15, 0.2) is 22.0 Å². The van der Waals surface area contributed by atoms with Gasteiger partial charge in [0, 0.05) is 11.0 Å². The lowest BCUT2D eigenvalue weighted by Gasteiger charge is -2.10. The lowest BCUT2D eigenvalue weighted by molar-refractivity contribution is -0.141. The SMILES string of the molecule is CCNc1nc(-c2sccc2Br)cc(C(F)(F)F)n1. The molecule has 0 spiro atoms. The summed E-state index contributed by atoms with van der Waals surface area (Å²) >= 11 is 4.61. The molecule has 0 fully saturated rings. The highest BCUT2D eigenvalue weighted by atomic mass is 79.9. The van der Waals surface area contributed by atoms with Crippen LogP contribution in [0, 0.1) is 0 Å². The van der Waals surface area contributed by atoms with Crippen molar-refractivity contribution < 1.29 is 13.2 Å². The lowest BCUT2D eigenvalue weighted by atomic mass is 10.3. The molecule has 0 atom stereocenters. The van der Waals surface area contributed by atoms with Crippen LogP contribution >= 0.6 is 27.3 Å². The molecule has 0 radical (unpaired) electrons. The van der Waals surface area contributed by atoms with Gasteiger partial charge in [0.05, 0.1) is 10.6 Å². The summed E-state index contributed by atoms with van der Waals surface area (Å²) in [7, 11) is 0. The number of hydrogen-bond donors (Lipinski definition) is 1. The molecular weight excluding hydrogens is 343 g/mol. The highest BCUT2D eigenvalue weighted by Gasteiger charge is 2.34.